The Morgan fingerprint density at radius 2 is 1.85 bits per heavy atom. The van der Waals surface area contributed by atoms with Crippen LogP contribution in [0.5, 0.6) is 0 Å². The van der Waals surface area contributed by atoms with Crippen molar-refractivity contribution in [2.24, 2.45) is 7.05 Å². The van der Waals surface area contributed by atoms with Crippen molar-refractivity contribution in [2.75, 3.05) is 0 Å². The third-order valence-electron chi connectivity index (χ3n) is 3.08. The number of benzene rings is 1. The third kappa shape index (κ3) is 2.19. The van der Waals surface area contributed by atoms with Crippen LogP contribution in [0.1, 0.15) is 33.3 Å². The molecule has 5 nitrogen and oxygen atoms in total. The van der Waals surface area contributed by atoms with Crippen LogP contribution in [0, 0.1) is 11.3 Å². The molecule has 100 valence electrons. The van der Waals surface area contributed by atoms with Crippen LogP contribution >= 0.6 is 0 Å². The number of carboxylic acid groups (broad SMARTS) is 1. The van der Waals surface area contributed by atoms with Gasteiger partial charge in [-0.25, -0.2) is 4.79 Å². The molecule has 1 aromatic carbocycles. The van der Waals surface area contributed by atoms with Crippen LogP contribution in [0.2, 0.25) is 0 Å². The van der Waals surface area contributed by atoms with E-state index in [9.17, 15) is 14.7 Å². The molecule has 0 saturated heterocycles. The number of nitriles is 1. The van der Waals surface area contributed by atoms with E-state index in [1.807, 2.05) is 6.07 Å². The molecule has 5 heteroatoms. The van der Waals surface area contributed by atoms with E-state index in [1.165, 1.54) is 17.7 Å². The van der Waals surface area contributed by atoms with Gasteiger partial charge in [-0.2, -0.15) is 5.26 Å². The van der Waals surface area contributed by atoms with Gasteiger partial charge >= 0.3 is 5.97 Å². The number of carboxylic acids is 1. The summed E-state index contributed by atoms with van der Waals surface area (Å²) >= 11 is 0. The summed E-state index contributed by atoms with van der Waals surface area (Å²) in [7, 11) is 1.58. The first-order chi connectivity index (χ1) is 9.45. The molecule has 0 saturated carbocycles. The fraction of sp³-hybridized carbons (Fsp3) is 0.133. The number of Topliss-reactive ketones (excluding diaryl/α,β-unsaturated/α-hetero) is 1. The van der Waals surface area contributed by atoms with Crippen LogP contribution in [-0.4, -0.2) is 21.4 Å². The van der Waals surface area contributed by atoms with Gasteiger partial charge in [-0.05, 0) is 12.5 Å². The van der Waals surface area contributed by atoms with E-state index in [0.29, 0.717) is 22.3 Å². The number of aromatic carboxylic acids is 1. The summed E-state index contributed by atoms with van der Waals surface area (Å²) in [6, 6.07) is 8.55. The summed E-state index contributed by atoms with van der Waals surface area (Å²) in [4.78, 5) is 22.6. The predicted molar refractivity (Wildman–Crippen MR) is 72.5 cm³/mol. The molecule has 2 rings (SSSR count). The van der Waals surface area contributed by atoms with Gasteiger partial charge in [0, 0.05) is 24.4 Å². The highest BCUT2D eigenvalue weighted by atomic mass is 16.4. The second kappa shape index (κ2) is 5.02. The standard InChI is InChI=1S/C15H12N2O3/c1-9(18)10-3-5-11(6-4-10)13-12(7-16)8-17(2)14(13)15(19)20/h3-6,8H,1-2H3,(H,19,20). The molecule has 0 amide bonds. The van der Waals surface area contributed by atoms with Gasteiger partial charge in [-0.1, -0.05) is 24.3 Å². The predicted octanol–water partition coefficient (Wildman–Crippen LogP) is 2.46. The summed E-state index contributed by atoms with van der Waals surface area (Å²) < 4.78 is 1.41. The van der Waals surface area contributed by atoms with E-state index in [0.717, 1.165) is 0 Å². The van der Waals surface area contributed by atoms with Gasteiger partial charge in [0.25, 0.3) is 0 Å². The smallest absolute Gasteiger partial charge is 0.353 e. The minimum Gasteiger partial charge on any atom is -0.477 e. The summed E-state index contributed by atoms with van der Waals surface area (Å²) in [6.45, 7) is 1.46. The second-order valence-electron chi connectivity index (χ2n) is 4.43. The SMILES string of the molecule is CC(=O)c1ccc(-c2c(C#N)cn(C)c2C(=O)O)cc1. The Hall–Kier alpha value is -2.87. The Kier molecular flexibility index (Phi) is 3.40. The highest BCUT2D eigenvalue weighted by molar-refractivity contribution is 5.98. The van der Waals surface area contributed by atoms with Gasteiger partial charge in [0.05, 0.1) is 5.56 Å². The van der Waals surface area contributed by atoms with Gasteiger partial charge in [0.1, 0.15) is 11.8 Å². The number of aromatic nitrogens is 1. The zero-order valence-electron chi connectivity index (χ0n) is 11.0. The van der Waals surface area contributed by atoms with Crippen LogP contribution < -0.4 is 0 Å². The van der Waals surface area contributed by atoms with Crippen molar-refractivity contribution in [3.8, 4) is 17.2 Å². The number of carbonyl (C=O) groups excluding carboxylic acids is 1. The van der Waals surface area contributed by atoms with Gasteiger partial charge in [0.15, 0.2) is 5.78 Å². The normalized spacial score (nSPS) is 10.1. The van der Waals surface area contributed by atoms with Crippen LogP contribution in [0.25, 0.3) is 11.1 Å². The van der Waals surface area contributed by atoms with E-state index in [2.05, 4.69) is 0 Å². The largest absolute Gasteiger partial charge is 0.477 e. The molecule has 0 bridgehead atoms. The highest BCUT2D eigenvalue weighted by Gasteiger charge is 2.21. The zero-order valence-corrected chi connectivity index (χ0v) is 11.0. The number of hydrogen-bond acceptors (Lipinski definition) is 3. The number of nitrogens with zero attached hydrogens (tertiary/aromatic N) is 2. The summed E-state index contributed by atoms with van der Waals surface area (Å²) in [5.74, 6) is -1.16. The second-order valence-corrected chi connectivity index (χ2v) is 4.43. The molecule has 1 N–H and O–H groups in total. The van der Waals surface area contributed by atoms with Gasteiger partial charge in [-0.3, -0.25) is 4.79 Å². The Balaban J connectivity index is 2.65. The summed E-state index contributed by atoms with van der Waals surface area (Å²) in [5.41, 5.74) is 1.86. The van der Waals surface area contributed by atoms with Crippen molar-refractivity contribution < 1.29 is 14.7 Å². The monoisotopic (exact) mass is 268 g/mol. The van der Waals surface area contributed by atoms with E-state index in [1.54, 1.807) is 31.3 Å². The molecule has 0 radical (unpaired) electrons. The van der Waals surface area contributed by atoms with Crippen molar-refractivity contribution in [3.63, 3.8) is 0 Å². The maximum atomic E-state index is 11.3. The Labute approximate surface area is 115 Å². The maximum absolute atomic E-state index is 11.3. The highest BCUT2D eigenvalue weighted by Crippen LogP contribution is 2.29. The van der Waals surface area contributed by atoms with E-state index in [4.69, 9.17) is 5.26 Å². The summed E-state index contributed by atoms with van der Waals surface area (Å²) in [5, 5.41) is 18.4. The molecule has 1 aromatic heterocycles. The number of ketones is 1. The third-order valence-corrected chi connectivity index (χ3v) is 3.08. The van der Waals surface area contributed by atoms with Crippen molar-refractivity contribution >= 4 is 11.8 Å². The average Bonchev–Trinajstić information content (AvgIpc) is 2.75. The van der Waals surface area contributed by atoms with E-state index in [-0.39, 0.29) is 11.5 Å². The van der Waals surface area contributed by atoms with Gasteiger partial charge < -0.3 is 9.67 Å². The molecule has 0 fully saturated rings. The fourth-order valence-electron chi connectivity index (χ4n) is 2.13. The molecular weight excluding hydrogens is 256 g/mol. The molecule has 0 atom stereocenters. The maximum Gasteiger partial charge on any atom is 0.353 e. The van der Waals surface area contributed by atoms with Crippen molar-refractivity contribution in [1.29, 1.82) is 5.26 Å². The minimum absolute atomic E-state index is 0.0529. The lowest BCUT2D eigenvalue weighted by Gasteiger charge is -2.04. The first-order valence-electron chi connectivity index (χ1n) is 5.89. The lowest BCUT2D eigenvalue weighted by molar-refractivity contribution is 0.0687. The number of aryl methyl sites for hydroxylation is 1. The van der Waals surface area contributed by atoms with Crippen molar-refractivity contribution in [3.05, 3.63) is 47.3 Å². The van der Waals surface area contributed by atoms with Crippen LogP contribution in [-0.2, 0) is 7.05 Å². The molecule has 0 unspecified atom stereocenters. The Morgan fingerprint density at radius 1 is 1.25 bits per heavy atom. The van der Waals surface area contributed by atoms with Gasteiger partial charge in [-0.15, -0.1) is 0 Å². The van der Waals surface area contributed by atoms with Crippen molar-refractivity contribution in [1.82, 2.24) is 4.57 Å². The molecule has 0 spiro atoms. The quantitative estimate of drug-likeness (QED) is 0.867. The van der Waals surface area contributed by atoms with Crippen LogP contribution in [0.3, 0.4) is 0 Å². The lowest BCUT2D eigenvalue weighted by atomic mass is 10.00. The molecule has 1 heterocycles. The van der Waals surface area contributed by atoms with Crippen LogP contribution in [0.15, 0.2) is 30.5 Å². The molecule has 20 heavy (non-hydrogen) atoms. The molecule has 0 aliphatic rings. The number of hydrogen-bond donors (Lipinski definition) is 1. The van der Waals surface area contributed by atoms with E-state index < -0.39 is 5.97 Å². The summed E-state index contributed by atoms with van der Waals surface area (Å²) in [6.07, 6.45) is 1.48. The minimum atomic E-state index is -1.10. The average molecular weight is 268 g/mol. The van der Waals surface area contributed by atoms with Gasteiger partial charge in [0.2, 0.25) is 0 Å². The fourth-order valence-corrected chi connectivity index (χ4v) is 2.13. The molecule has 0 aliphatic carbocycles. The van der Waals surface area contributed by atoms with Crippen molar-refractivity contribution in [2.45, 2.75) is 6.92 Å². The molecule has 2 aromatic rings. The molecule has 0 aliphatic heterocycles. The lowest BCUT2D eigenvalue weighted by Crippen LogP contribution is -2.05. The topological polar surface area (TPSA) is 83.1 Å². The Bertz CT molecular complexity index is 734. The number of carbonyl (C=O) groups is 2. The first kappa shape index (κ1) is 13.6. The van der Waals surface area contributed by atoms with E-state index >= 15 is 0 Å². The Morgan fingerprint density at radius 3 is 2.30 bits per heavy atom. The van der Waals surface area contributed by atoms with Crippen LogP contribution in [0.4, 0.5) is 0 Å². The zero-order chi connectivity index (χ0) is 14.9. The molecular formula is C15H12N2O3. The first-order valence-corrected chi connectivity index (χ1v) is 5.89. The number of rotatable bonds is 3.